The van der Waals surface area contributed by atoms with Crippen molar-refractivity contribution >= 4 is 21.8 Å². The molecular formula is C25H32N6O3S. The summed E-state index contributed by atoms with van der Waals surface area (Å²) in [6, 6.07) is 16.9. The Kier molecular flexibility index (Phi) is 7.84. The molecule has 1 atom stereocenters. The molecule has 1 saturated heterocycles. The van der Waals surface area contributed by atoms with Gasteiger partial charge in [0.1, 0.15) is 5.75 Å². The molecule has 0 spiro atoms. The lowest BCUT2D eigenvalue weighted by molar-refractivity contribution is 0.312. The van der Waals surface area contributed by atoms with Gasteiger partial charge in [0.25, 0.3) is 0 Å². The monoisotopic (exact) mass is 496 g/mol. The molecule has 0 saturated carbocycles. The number of hydrogen-bond donors (Lipinski definition) is 1. The second kappa shape index (κ2) is 11.0. The summed E-state index contributed by atoms with van der Waals surface area (Å²) < 4.78 is 35.7. The SMILES string of the molecule is CCn1c(Oc2cccc(N3CCN(C)CC3)c2)nnc1[C@@H](C)NS(=O)(=O)/C=C/c1ccccc1. The normalized spacial score (nSPS) is 16.0. The summed E-state index contributed by atoms with van der Waals surface area (Å²) in [5.41, 5.74) is 1.90. The van der Waals surface area contributed by atoms with Crippen LogP contribution in [0.15, 0.2) is 60.0 Å². The minimum atomic E-state index is -3.69. The molecule has 35 heavy (non-hydrogen) atoms. The van der Waals surface area contributed by atoms with Crippen LogP contribution in [-0.4, -0.2) is 61.3 Å². The number of ether oxygens (including phenoxy) is 1. The number of piperazine rings is 1. The van der Waals surface area contributed by atoms with E-state index in [1.807, 2.05) is 55.5 Å². The number of nitrogens with zero attached hydrogens (tertiary/aromatic N) is 5. The van der Waals surface area contributed by atoms with E-state index < -0.39 is 16.1 Å². The molecule has 9 nitrogen and oxygen atoms in total. The topological polar surface area (TPSA) is 92.6 Å². The van der Waals surface area contributed by atoms with E-state index in [2.05, 4.69) is 37.8 Å². The number of sulfonamides is 1. The molecule has 2 heterocycles. The van der Waals surface area contributed by atoms with Crippen LogP contribution in [0.1, 0.15) is 31.3 Å². The van der Waals surface area contributed by atoms with Crippen LogP contribution in [0.25, 0.3) is 6.08 Å². The van der Waals surface area contributed by atoms with Gasteiger partial charge in [0.05, 0.1) is 6.04 Å². The van der Waals surface area contributed by atoms with E-state index in [-0.39, 0.29) is 0 Å². The first-order valence-corrected chi connectivity index (χ1v) is 13.3. The fourth-order valence-corrected chi connectivity index (χ4v) is 4.99. The van der Waals surface area contributed by atoms with E-state index in [0.29, 0.717) is 24.1 Å². The Bertz CT molecular complexity index is 1250. The second-order valence-electron chi connectivity index (χ2n) is 8.57. The molecule has 0 bridgehead atoms. The molecular weight excluding hydrogens is 464 g/mol. The van der Waals surface area contributed by atoms with Crippen molar-refractivity contribution in [3.8, 4) is 11.8 Å². The minimum Gasteiger partial charge on any atom is -0.424 e. The Balaban J connectivity index is 1.46. The van der Waals surface area contributed by atoms with Gasteiger partial charge in [0.15, 0.2) is 5.82 Å². The van der Waals surface area contributed by atoms with Gasteiger partial charge in [-0.05, 0) is 44.7 Å². The lowest BCUT2D eigenvalue weighted by Gasteiger charge is -2.34. The average molecular weight is 497 g/mol. The molecule has 2 aromatic carbocycles. The summed E-state index contributed by atoms with van der Waals surface area (Å²) in [6.45, 7) is 8.18. The van der Waals surface area contributed by atoms with Crippen molar-refractivity contribution in [2.24, 2.45) is 0 Å². The van der Waals surface area contributed by atoms with Crippen molar-refractivity contribution < 1.29 is 13.2 Å². The van der Waals surface area contributed by atoms with Gasteiger partial charge in [0, 0.05) is 49.9 Å². The molecule has 1 aliphatic heterocycles. The quantitative estimate of drug-likeness (QED) is 0.485. The molecule has 3 aromatic rings. The Morgan fingerprint density at radius 3 is 2.51 bits per heavy atom. The Morgan fingerprint density at radius 1 is 1.06 bits per heavy atom. The van der Waals surface area contributed by atoms with Crippen molar-refractivity contribution in [1.82, 2.24) is 24.4 Å². The van der Waals surface area contributed by atoms with Crippen LogP contribution in [0, 0.1) is 0 Å². The maximum Gasteiger partial charge on any atom is 0.322 e. The van der Waals surface area contributed by atoms with Gasteiger partial charge >= 0.3 is 6.01 Å². The smallest absolute Gasteiger partial charge is 0.322 e. The fraction of sp³-hybridized carbons (Fsp3) is 0.360. The number of aromatic nitrogens is 3. The van der Waals surface area contributed by atoms with Crippen LogP contribution in [0.2, 0.25) is 0 Å². The highest BCUT2D eigenvalue weighted by Gasteiger charge is 2.22. The minimum absolute atomic E-state index is 0.323. The Labute approximate surface area is 207 Å². The lowest BCUT2D eigenvalue weighted by atomic mass is 10.2. The van der Waals surface area contributed by atoms with E-state index in [1.54, 1.807) is 17.6 Å². The number of hydrogen-bond acceptors (Lipinski definition) is 7. The van der Waals surface area contributed by atoms with Crippen molar-refractivity contribution in [1.29, 1.82) is 0 Å². The second-order valence-corrected chi connectivity index (χ2v) is 10.2. The predicted molar refractivity (Wildman–Crippen MR) is 138 cm³/mol. The zero-order valence-electron chi connectivity index (χ0n) is 20.3. The van der Waals surface area contributed by atoms with Crippen LogP contribution in [0.4, 0.5) is 5.69 Å². The van der Waals surface area contributed by atoms with E-state index in [0.717, 1.165) is 42.8 Å². The van der Waals surface area contributed by atoms with Crippen LogP contribution in [-0.2, 0) is 16.6 Å². The number of benzene rings is 2. The predicted octanol–water partition coefficient (Wildman–Crippen LogP) is 3.49. The number of likely N-dealkylation sites (N-methyl/N-ethyl adjacent to an activating group) is 1. The van der Waals surface area contributed by atoms with Gasteiger partial charge in [-0.3, -0.25) is 4.57 Å². The highest BCUT2D eigenvalue weighted by Crippen LogP contribution is 2.27. The third-order valence-electron chi connectivity index (χ3n) is 5.92. The van der Waals surface area contributed by atoms with Crippen LogP contribution in [0.3, 0.4) is 0 Å². The summed E-state index contributed by atoms with van der Waals surface area (Å²) in [4.78, 5) is 4.65. The van der Waals surface area contributed by atoms with E-state index in [1.165, 1.54) is 0 Å². The summed E-state index contributed by atoms with van der Waals surface area (Å²) in [6.07, 6.45) is 1.56. The fourth-order valence-electron chi connectivity index (χ4n) is 3.98. The third kappa shape index (κ3) is 6.47. The van der Waals surface area contributed by atoms with E-state index >= 15 is 0 Å². The van der Waals surface area contributed by atoms with Gasteiger partial charge in [-0.1, -0.05) is 41.5 Å². The molecule has 1 fully saturated rings. The highest BCUT2D eigenvalue weighted by molar-refractivity contribution is 7.92. The first-order valence-electron chi connectivity index (χ1n) is 11.7. The van der Waals surface area contributed by atoms with E-state index in [9.17, 15) is 8.42 Å². The highest BCUT2D eigenvalue weighted by atomic mass is 32.2. The molecule has 0 unspecified atom stereocenters. The Hall–Kier alpha value is -3.21. The van der Waals surface area contributed by atoms with Gasteiger partial charge in [0.2, 0.25) is 10.0 Å². The molecule has 0 radical (unpaired) electrons. The van der Waals surface area contributed by atoms with E-state index in [4.69, 9.17) is 4.74 Å². The summed E-state index contributed by atoms with van der Waals surface area (Å²) in [5.74, 6) is 1.14. The first-order chi connectivity index (χ1) is 16.8. The lowest BCUT2D eigenvalue weighted by Crippen LogP contribution is -2.44. The van der Waals surface area contributed by atoms with Crippen molar-refractivity contribution in [3.05, 3.63) is 71.4 Å². The number of nitrogens with one attached hydrogen (secondary N) is 1. The van der Waals surface area contributed by atoms with Crippen LogP contribution < -0.4 is 14.4 Å². The van der Waals surface area contributed by atoms with Crippen LogP contribution >= 0.6 is 0 Å². The summed E-state index contributed by atoms with van der Waals surface area (Å²) in [7, 11) is -1.55. The first kappa shape index (κ1) is 24.9. The molecule has 186 valence electrons. The maximum atomic E-state index is 12.6. The summed E-state index contributed by atoms with van der Waals surface area (Å²) >= 11 is 0. The molecule has 0 aliphatic carbocycles. The molecule has 10 heteroatoms. The van der Waals surface area contributed by atoms with Crippen LogP contribution in [0.5, 0.6) is 11.8 Å². The van der Waals surface area contributed by atoms with Gasteiger partial charge in [-0.2, -0.15) is 0 Å². The molecule has 1 N–H and O–H groups in total. The zero-order valence-corrected chi connectivity index (χ0v) is 21.1. The largest absolute Gasteiger partial charge is 0.424 e. The van der Waals surface area contributed by atoms with Crippen molar-refractivity contribution in [2.45, 2.75) is 26.4 Å². The van der Waals surface area contributed by atoms with Gasteiger partial charge in [-0.25, -0.2) is 13.1 Å². The van der Waals surface area contributed by atoms with Crippen molar-refractivity contribution in [3.63, 3.8) is 0 Å². The maximum absolute atomic E-state index is 12.6. The number of anilines is 1. The Morgan fingerprint density at radius 2 is 1.80 bits per heavy atom. The standard InChI is InChI=1S/C25H32N6O3S/c1-4-31-24(20(2)28-35(32,33)18-13-21-9-6-5-7-10-21)26-27-25(31)34-23-12-8-11-22(19-23)30-16-14-29(3)15-17-30/h5-13,18-20,28H,4,14-17H2,1-3H3/b18-13+/t20-/m1/s1. The van der Waals surface area contributed by atoms with Gasteiger partial charge in [-0.15, -0.1) is 5.10 Å². The zero-order chi connectivity index (χ0) is 24.8. The molecule has 1 aromatic heterocycles. The number of rotatable bonds is 9. The molecule has 0 amide bonds. The van der Waals surface area contributed by atoms with Crippen molar-refractivity contribution in [2.75, 3.05) is 38.1 Å². The van der Waals surface area contributed by atoms with Gasteiger partial charge < -0.3 is 14.5 Å². The summed E-state index contributed by atoms with van der Waals surface area (Å²) in [5, 5.41) is 9.58. The average Bonchev–Trinajstić information content (AvgIpc) is 3.26. The third-order valence-corrected chi connectivity index (χ3v) is 7.10. The molecule has 1 aliphatic rings. The molecule has 4 rings (SSSR count).